The van der Waals surface area contributed by atoms with Crippen molar-refractivity contribution in [3.05, 3.63) is 64.7 Å². The number of hydrogen-bond acceptors (Lipinski definition) is 4. The summed E-state index contributed by atoms with van der Waals surface area (Å²) in [6.07, 6.45) is 2.85. The molecule has 1 saturated heterocycles. The van der Waals surface area contributed by atoms with Gasteiger partial charge in [0.05, 0.1) is 11.4 Å². The molecule has 1 aliphatic heterocycles. The van der Waals surface area contributed by atoms with Crippen LogP contribution >= 0.6 is 0 Å². The molecule has 1 fully saturated rings. The van der Waals surface area contributed by atoms with Crippen molar-refractivity contribution in [1.82, 2.24) is 14.9 Å². The van der Waals surface area contributed by atoms with Crippen LogP contribution in [0, 0.1) is 13.8 Å². The van der Waals surface area contributed by atoms with Gasteiger partial charge in [0.15, 0.2) is 0 Å². The summed E-state index contributed by atoms with van der Waals surface area (Å²) in [6.45, 7) is 5.08. The van der Waals surface area contributed by atoms with Gasteiger partial charge in [-0.2, -0.15) is 4.31 Å². The van der Waals surface area contributed by atoms with Crippen LogP contribution in [0.3, 0.4) is 0 Å². The third kappa shape index (κ3) is 6.15. The summed E-state index contributed by atoms with van der Waals surface area (Å²) in [7, 11) is -3.46. The van der Waals surface area contributed by atoms with Crippen LogP contribution in [-0.4, -0.2) is 44.2 Å². The number of carbonyl (C=O) groups excluding carboxylic acids is 2. The van der Waals surface area contributed by atoms with E-state index in [0.29, 0.717) is 18.7 Å². The van der Waals surface area contributed by atoms with Crippen molar-refractivity contribution >= 4 is 21.8 Å². The third-order valence-electron chi connectivity index (χ3n) is 5.26. The molecule has 31 heavy (non-hydrogen) atoms. The highest BCUT2D eigenvalue weighted by molar-refractivity contribution is 7.89. The maximum atomic E-state index is 12.7. The van der Waals surface area contributed by atoms with Crippen LogP contribution in [0.5, 0.6) is 0 Å². The average molecular weight is 444 g/mol. The van der Waals surface area contributed by atoms with Gasteiger partial charge in [0.25, 0.3) is 5.91 Å². The maximum Gasteiger partial charge on any atom is 0.251 e. The summed E-state index contributed by atoms with van der Waals surface area (Å²) < 4.78 is 26.9. The van der Waals surface area contributed by atoms with E-state index in [2.05, 4.69) is 10.6 Å². The Balaban J connectivity index is 1.49. The highest BCUT2D eigenvalue weighted by atomic mass is 32.2. The van der Waals surface area contributed by atoms with Crippen molar-refractivity contribution < 1.29 is 18.0 Å². The van der Waals surface area contributed by atoms with Gasteiger partial charge in [-0.3, -0.25) is 9.59 Å². The average Bonchev–Trinajstić information content (AvgIpc) is 2.76. The zero-order valence-corrected chi connectivity index (χ0v) is 18.8. The Morgan fingerprint density at radius 1 is 0.903 bits per heavy atom. The van der Waals surface area contributed by atoms with E-state index in [1.807, 2.05) is 19.9 Å². The Hall–Kier alpha value is -2.71. The van der Waals surface area contributed by atoms with Crippen LogP contribution in [0.25, 0.3) is 0 Å². The minimum atomic E-state index is -3.46. The molecule has 2 aromatic carbocycles. The molecule has 1 heterocycles. The van der Waals surface area contributed by atoms with E-state index in [1.54, 1.807) is 36.4 Å². The second-order valence-electron chi connectivity index (χ2n) is 7.94. The fourth-order valence-corrected chi connectivity index (χ4v) is 5.18. The molecule has 2 N–H and O–H groups in total. The SMILES string of the molecule is Cc1cc(C)cc(C(=O)NCC(=O)NCc2ccc(S(=O)(=O)N3CCCCC3)cc2)c1. The number of rotatable bonds is 7. The van der Waals surface area contributed by atoms with Gasteiger partial charge in [0, 0.05) is 25.2 Å². The first-order chi connectivity index (χ1) is 14.8. The Kier molecular flexibility index (Phi) is 7.46. The van der Waals surface area contributed by atoms with E-state index in [4.69, 9.17) is 0 Å². The molecule has 2 amide bonds. The van der Waals surface area contributed by atoms with E-state index >= 15 is 0 Å². The number of carbonyl (C=O) groups is 2. The van der Waals surface area contributed by atoms with Gasteiger partial charge >= 0.3 is 0 Å². The van der Waals surface area contributed by atoms with Crippen LogP contribution in [0.2, 0.25) is 0 Å². The van der Waals surface area contributed by atoms with E-state index in [1.165, 1.54) is 4.31 Å². The quantitative estimate of drug-likeness (QED) is 0.687. The zero-order valence-electron chi connectivity index (χ0n) is 18.0. The lowest BCUT2D eigenvalue weighted by Gasteiger charge is -2.25. The number of hydrogen-bond donors (Lipinski definition) is 2. The molecule has 0 aliphatic carbocycles. The summed E-state index contributed by atoms with van der Waals surface area (Å²) in [5.41, 5.74) is 3.28. The second-order valence-corrected chi connectivity index (χ2v) is 9.88. The van der Waals surface area contributed by atoms with Crippen LogP contribution in [0.4, 0.5) is 0 Å². The van der Waals surface area contributed by atoms with Gasteiger partial charge in [-0.25, -0.2) is 8.42 Å². The minimum absolute atomic E-state index is 0.132. The predicted octanol–water partition coefficient (Wildman–Crippen LogP) is 2.52. The topological polar surface area (TPSA) is 95.6 Å². The Morgan fingerprint density at radius 2 is 1.52 bits per heavy atom. The Morgan fingerprint density at radius 3 is 2.13 bits per heavy atom. The number of nitrogens with one attached hydrogen (secondary N) is 2. The number of amides is 2. The molecule has 2 aromatic rings. The largest absolute Gasteiger partial charge is 0.350 e. The van der Waals surface area contributed by atoms with Crippen LogP contribution in [0.1, 0.15) is 46.3 Å². The van der Waals surface area contributed by atoms with Crippen LogP contribution in [-0.2, 0) is 21.4 Å². The molecule has 7 nitrogen and oxygen atoms in total. The van der Waals surface area contributed by atoms with E-state index in [9.17, 15) is 18.0 Å². The number of sulfonamides is 1. The fraction of sp³-hybridized carbons (Fsp3) is 0.391. The highest BCUT2D eigenvalue weighted by Gasteiger charge is 2.25. The van der Waals surface area contributed by atoms with Gasteiger partial charge in [-0.1, -0.05) is 35.7 Å². The molecule has 0 saturated carbocycles. The number of benzene rings is 2. The van der Waals surface area contributed by atoms with E-state index in [-0.39, 0.29) is 29.8 Å². The summed E-state index contributed by atoms with van der Waals surface area (Å²) >= 11 is 0. The summed E-state index contributed by atoms with van der Waals surface area (Å²) in [5, 5.41) is 5.36. The van der Waals surface area contributed by atoms with Crippen molar-refractivity contribution in [3.8, 4) is 0 Å². The number of aryl methyl sites for hydroxylation is 2. The molecule has 1 aliphatic rings. The molecule has 3 rings (SSSR count). The van der Waals surface area contributed by atoms with Gasteiger partial charge in [-0.05, 0) is 56.5 Å². The van der Waals surface area contributed by atoms with Gasteiger partial charge in [0.2, 0.25) is 15.9 Å². The molecular formula is C23H29N3O4S. The monoisotopic (exact) mass is 443 g/mol. The van der Waals surface area contributed by atoms with E-state index in [0.717, 1.165) is 36.0 Å². The van der Waals surface area contributed by atoms with Gasteiger partial charge in [0.1, 0.15) is 0 Å². The molecule has 0 atom stereocenters. The Bertz CT molecular complexity index is 1020. The molecule has 8 heteroatoms. The molecule has 0 spiro atoms. The van der Waals surface area contributed by atoms with Gasteiger partial charge in [-0.15, -0.1) is 0 Å². The smallest absolute Gasteiger partial charge is 0.251 e. The first-order valence-electron chi connectivity index (χ1n) is 10.5. The minimum Gasteiger partial charge on any atom is -0.350 e. The van der Waals surface area contributed by atoms with Crippen LogP contribution in [0.15, 0.2) is 47.4 Å². The molecule has 0 bridgehead atoms. The lowest BCUT2D eigenvalue weighted by atomic mass is 10.1. The van der Waals surface area contributed by atoms with Gasteiger partial charge < -0.3 is 10.6 Å². The first kappa shape index (κ1) is 23.0. The molecule has 166 valence electrons. The molecule has 0 unspecified atom stereocenters. The lowest BCUT2D eigenvalue weighted by Crippen LogP contribution is -2.36. The summed E-state index contributed by atoms with van der Waals surface area (Å²) in [5.74, 6) is -0.614. The van der Waals surface area contributed by atoms with Crippen molar-refractivity contribution in [1.29, 1.82) is 0 Å². The second kappa shape index (κ2) is 10.1. The first-order valence-corrected chi connectivity index (χ1v) is 11.9. The lowest BCUT2D eigenvalue weighted by molar-refractivity contribution is -0.120. The van der Waals surface area contributed by atoms with Crippen molar-refractivity contribution in [2.45, 2.75) is 44.6 Å². The van der Waals surface area contributed by atoms with E-state index < -0.39 is 10.0 Å². The number of nitrogens with zero attached hydrogens (tertiary/aromatic N) is 1. The molecular weight excluding hydrogens is 414 g/mol. The number of piperidine rings is 1. The zero-order chi connectivity index (χ0) is 22.4. The summed E-state index contributed by atoms with van der Waals surface area (Å²) in [6, 6.07) is 12.1. The molecule has 0 aromatic heterocycles. The van der Waals surface area contributed by atoms with Crippen molar-refractivity contribution in [2.75, 3.05) is 19.6 Å². The predicted molar refractivity (Wildman–Crippen MR) is 119 cm³/mol. The van der Waals surface area contributed by atoms with Crippen LogP contribution < -0.4 is 10.6 Å². The normalized spacial score (nSPS) is 14.8. The fourth-order valence-electron chi connectivity index (χ4n) is 3.67. The Labute approximate surface area is 183 Å². The molecule has 0 radical (unpaired) electrons. The third-order valence-corrected chi connectivity index (χ3v) is 7.17. The summed E-state index contributed by atoms with van der Waals surface area (Å²) in [4.78, 5) is 24.6. The maximum absolute atomic E-state index is 12.7. The van der Waals surface area contributed by atoms with Crippen molar-refractivity contribution in [3.63, 3.8) is 0 Å². The van der Waals surface area contributed by atoms with Crippen molar-refractivity contribution in [2.24, 2.45) is 0 Å². The standard InChI is InChI=1S/C23H29N3O4S/c1-17-12-18(2)14-20(13-17)23(28)25-16-22(27)24-15-19-6-8-21(9-7-19)31(29,30)26-10-4-3-5-11-26/h6-9,12-14H,3-5,10-11,15-16H2,1-2H3,(H,24,27)(H,25,28). The highest BCUT2D eigenvalue weighted by Crippen LogP contribution is 2.20.